The minimum atomic E-state index is -0.580. The van der Waals surface area contributed by atoms with E-state index in [1.54, 1.807) is 0 Å². The van der Waals surface area contributed by atoms with Crippen LogP contribution in [0.1, 0.15) is 10.4 Å². The number of non-ortho nitro benzene ring substituents is 1. The average Bonchev–Trinajstić information content (AvgIpc) is 2.85. The normalized spacial score (nSPS) is 10.3. The van der Waals surface area contributed by atoms with Crippen LogP contribution in [0.15, 0.2) is 22.5 Å². The van der Waals surface area contributed by atoms with Crippen LogP contribution in [-0.4, -0.2) is 27.3 Å². The lowest BCUT2D eigenvalue weighted by Crippen LogP contribution is -2.12. The van der Waals surface area contributed by atoms with Crippen LogP contribution in [0.2, 0.25) is 5.02 Å². The number of halogens is 1. The molecule has 2 aromatic rings. The summed E-state index contributed by atoms with van der Waals surface area (Å²) < 4.78 is 0.718. The Labute approximate surface area is 126 Å². The van der Waals surface area contributed by atoms with Gasteiger partial charge in [0.15, 0.2) is 4.34 Å². The minimum Gasteiger partial charge on any atom is -0.296 e. The molecule has 10 heteroatoms. The number of hydrogen-bond acceptors (Lipinski definition) is 7. The Kier molecular flexibility index (Phi) is 4.53. The zero-order valence-electron chi connectivity index (χ0n) is 9.99. The average molecular weight is 331 g/mol. The molecule has 0 spiro atoms. The second-order valence-electron chi connectivity index (χ2n) is 3.45. The third kappa shape index (κ3) is 3.24. The van der Waals surface area contributed by atoms with Crippen LogP contribution in [0, 0.1) is 10.1 Å². The van der Waals surface area contributed by atoms with E-state index in [1.807, 2.05) is 6.26 Å². The number of aromatic nitrogens is 2. The van der Waals surface area contributed by atoms with Crippen molar-refractivity contribution in [1.29, 1.82) is 0 Å². The minimum absolute atomic E-state index is 0.00584. The van der Waals surface area contributed by atoms with Crippen molar-refractivity contribution in [3.8, 4) is 0 Å². The van der Waals surface area contributed by atoms with Crippen molar-refractivity contribution in [2.24, 2.45) is 0 Å². The first kappa shape index (κ1) is 14.7. The molecule has 1 N–H and O–H groups in total. The molecule has 0 bridgehead atoms. The van der Waals surface area contributed by atoms with Gasteiger partial charge in [-0.1, -0.05) is 34.7 Å². The summed E-state index contributed by atoms with van der Waals surface area (Å²) in [5, 5.41) is 21.1. The zero-order valence-corrected chi connectivity index (χ0v) is 12.4. The fourth-order valence-electron chi connectivity index (χ4n) is 1.31. The van der Waals surface area contributed by atoms with E-state index in [9.17, 15) is 14.9 Å². The van der Waals surface area contributed by atoms with Gasteiger partial charge in [-0.25, -0.2) is 0 Å². The van der Waals surface area contributed by atoms with Crippen LogP contribution >= 0.6 is 34.7 Å². The van der Waals surface area contributed by atoms with Crippen LogP contribution in [0.4, 0.5) is 10.8 Å². The van der Waals surface area contributed by atoms with Gasteiger partial charge in [-0.3, -0.25) is 20.2 Å². The third-order valence-electron chi connectivity index (χ3n) is 2.21. The number of carbonyl (C=O) groups is 1. The lowest BCUT2D eigenvalue weighted by Gasteiger charge is -2.03. The maximum Gasteiger partial charge on any atom is 0.270 e. The molecule has 0 aliphatic heterocycles. The summed E-state index contributed by atoms with van der Waals surface area (Å²) in [4.78, 5) is 22.0. The highest BCUT2D eigenvalue weighted by molar-refractivity contribution is 8.00. The fourth-order valence-corrected chi connectivity index (χ4v) is 2.73. The Morgan fingerprint density at radius 1 is 1.50 bits per heavy atom. The molecule has 1 aromatic carbocycles. The molecule has 1 heterocycles. The Bertz CT molecular complexity index is 676. The van der Waals surface area contributed by atoms with Gasteiger partial charge in [0.1, 0.15) is 0 Å². The van der Waals surface area contributed by atoms with Crippen molar-refractivity contribution in [2.75, 3.05) is 11.6 Å². The summed E-state index contributed by atoms with van der Waals surface area (Å²) >= 11 is 8.51. The molecule has 0 saturated heterocycles. The monoisotopic (exact) mass is 330 g/mol. The zero-order chi connectivity index (χ0) is 14.7. The van der Waals surface area contributed by atoms with Crippen LogP contribution < -0.4 is 5.32 Å². The fraction of sp³-hybridized carbons (Fsp3) is 0.100. The topological polar surface area (TPSA) is 98.0 Å². The van der Waals surface area contributed by atoms with E-state index in [0.29, 0.717) is 5.13 Å². The SMILES string of the molecule is CSc1nnc(NC(=O)c2ccc([N+](=O)[O-])cc2Cl)s1. The first-order valence-corrected chi connectivity index (χ1v) is 7.56. The lowest BCUT2D eigenvalue weighted by atomic mass is 10.2. The summed E-state index contributed by atoms with van der Waals surface area (Å²) in [5.41, 5.74) is -0.0368. The number of anilines is 1. The first-order chi connectivity index (χ1) is 9.51. The summed E-state index contributed by atoms with van der Waals surface area (Å²) in [5.74, 6) is -0.492. The Morgan fingerprint density at radius 2 is 2.25 bits per heavy atom. The maximum absolute atomic E-state index is 12.0. The number of carbonyl (C=O) groups excluding carboxylic acids is 1. The van der Waals surface area contributed by atoms with Crippen LogP contribution in [0.25, 0.3) is 0 Å². The molecule has 20 heavy (non-hydrogen) atoms. The van der Waals surface area contributed by atoms with Gasteiger partial charge in [0.2, 0.25) is 5.13 Å². The predicted octanol–water partition coefficient (Wildman–Crippen LogP) is 3.07. The van der Waals surface area contributed by atoms with Crippen molar-refractivity contribution in [2.45, 2.75) is 4.34 Å². The Morgan fingerprint density at radius 3 is 2.80 bits per heavy atom. The number of hydrogen-bond donors (Lipinski definition) is 1. The molecule has 2 rings (SSSR count). The summed E-state index contributed by atoms with van der Waals surface area (Å²) in [7, 11) is 0. The second kappa shape index (κ2) is 6.16. The van der Waals surface area contributed by atoms with Crippen LogP contribution in [0.5, 0.6) is 0 Å². The van der Waals surface area contributed by atoms with E-state index in [0.717, 1.165) is 10.4 Å². The van der Waals surface area contributed by atoms with E-state index in [1.165, 1.54) is 35.2 Å². The van der Waals surface area contributed by atoms with Crippen LogP contribution in [-0.2, 0) is 0 Å². The third-order valence-corrected chi connectivity index (χ3v) is 4.34. The van der Waals surface area contributed by atoms with Crippen LogP contribution in [0.3, 0.4) is 0 Å². The number of nitrogens with zero attached hydrogens (tertiary/aromatic N) is 3. The Hall–Kier alpha value is -1.71. The molecule has 104 valence electrons. The number of rotatable bonds is 4. The molecule has 7 nitrogen and oxygen atoms in total. The smallest absolute Gasteiger partial charge is 0.270 e. The highest BCUT2D eigenvalue weighted by atomic mass is 35.5. The van der Waals surface area contributed by atoms with Gasteiger partial charge >= 0.3 is 0 Å². The number of nitro groups is 1. The molecular weight excluding hydrogens is 324 g/mol. The molecule has 1 amide bonds. The number of nitro benzene ring substituents is 1. The second-order valence-corrected chi connectivity index (χ2v) is 5.89. The molecule has 0 radical (unpaired) electrons. The van der Waals surface area contributed by atoms with Gasteiger partial charge in [-0.15, -0.1) is 10.2 Å². The van der Waals surface area contributed by atoms with E-state index in [-0.39, 0.29) is 16.3 Å². The highest BCUT2D eigenvalue weighted by Gasteiger charge is 2.16. The van der Waals surface area contributed by atoms with Crippen molar-refractivity contribution in [1.82, 2.24) is 10.2 Å². The molecule has 0 atom stereocenters. The van der Waals surface area contributed by atoms with Crippen molar-refractivity contribution in [3.63, 3.8) is 0 Å². The molecule has 0 aliphatic rings. The highest BCUT2D eigenvalue weighted by Crippen LogP contribution is 2.26. The van der Waals surface area contributed by atoms with Gasteiger partial charge in [-0.05, 0) is 12.3 Å². The number of thioether (sulfide) groups is 1. The molecule has 0 unspecified atom stereocenters. The molecule has 0 fully saturated rings. The number of amides is 1. The first-order valence-electron chi connectivity index (χ1n) is 5.14. The van der Waals surface area contributed by atoms with Crippen molar-refractivity contribution in [3.05, 3.63) is 38.9 Å². The van der Waals surface area contributed by atoms with Gasteiger partial charge in [-0.2, -0.15) is 0 Å². The molecule has 0 aliphatic carbocycles. The maximum atomic E-state index is 12.0. The standard InChI is InChI=1S/C10H7ClN4O3S2/c1-19-10-14-13-9(20-10)12-8(16)6-3-2-5(15(17)18)4-7(6)11/h2-4H,1H3,(H,12,13,16). The number of benzene rings is 1. The van der Waals surface area contributed by atoms with Crippen molar-refractivity contribution < 1.29 is 9.72 Å². The predicted molar refractivity (Wildman–Crippen MR) is 77.7 cm³/mol. The van der Waals surface area contributed by atoms with Crippen molar-refractivity contribution >= 4 is 51.4 Å². The molecule has 1 aromatic heterocycles. The van der Waals surface area contributed by atoms with Gasteiger partial charge in [0.25, 0.3) is 11.6 Å². The summed E-state index contributed by atoms with van der Waals surface area (Å²) in [6.45, 7) is 0. The largest absolute Gasteiger partial charge is 0.296 e. The quantitative estimate of drug-likeness (QED) is 0.400. The van der Waals surface area contributed by atoms with Gasteiger partial charge in [0.05, 0.1) is 15.5 Å². The lowest BCUT2D eigenvalue weighted by molar-refractivity contribution is -0.384. The van der Waals surface area contributed by atoms with E-state index in [2.05, 4.69) is 15.5 Å². The van der Waals surface area contributed by atoms with E-state index >= 15 is 0 Å². The van der Waals surface area contributed by atoms with E-state index in [4.69, 9.17) is 11.6 Å². The summed E-state index contributed by atoms with van der Waals surface area (Å²) in [6, 6.07) is 3.64. The van der Waals surface area contributed by atoms with Gasteiger partial charge in [0, 0.05) is 12.1 Å². The molecular formula is C10H7ClN4O3S2. The summed E-state index contributed by atoms with van der Waals surface area (Å²) in [6.07, 6.45) is 1.85. The number of nitrogens with one attached hydrogen (secondary N) is 1. The van der Waals surface area contributed by atoms with E-state index < -0.39 is 10.8 Å². The van der Waals surface area contributed by atoms with Gasteiger partial charge < -0.3 is 0 Å². The Balaban J connectivity index is 2.18. The molecule has 0 saturated carbocycles.